The van der Waals surface area contributed by atoms with Gasteiger partial charge in [-0.2, -0.15) is 10.5 Å². The molecular formula is C37H38N6O8. The molecule has 8 atom stereocenters. The number of fused-ring (bicyclic) bond motifs is 4. The lowest BCUT2D eigenvalue weighted by Crippen LogP contribution is -2.60. The van der Waals surface area contributed by atoms with Crippen molar-refractivity contribution < 1.29 is 38.1 Å². The van der Waals surface area contributed by atoms with E-state index < -0.39 is 46.1 Å². The molecule has 14 heteroatoms. The standard InChI is InChI=1S/C19H19N3O4.C18H19N3O4/c1-17(9-20)7-19-8-18(2,21(3)16(19)24)15(23)22(19)14(17)11-4-5-12-13(6-11)26-10-25-12;1-10-16(22)21-12(17(23)20(10)3)7-18(2,8-19)15(21)11-4-5-13-14(6-11)25-9-24-13/h4-6,14H,7-8,10H2,1-3H3;4-6,10,12,15H,7,9H2,1-3H3/t14?,17-,18-,19+;10-,12+,15?,18-/m11/s1. The fourth-order valence-electron chi connectivity index (χ4n) is 9.55. The van der Waals surface area contributed by atoms with Crippen LogP contribution in [-0.4, -0.2) is 94.1 Å². The average Bonchev–Trinajstić information content (AvgIpc) is 3.95. The molecule has 2 unspecified atom stereocenters. The Morgan fingerprint density at radius 1 is 0.725 bits per heavy atom. The van der Waals surface area contributed by atoms with Crippen molar-refractivity contribution in [1.29, 1.82) is 10.5 Å². The van der Waals surface area contributed by atoms with Crippen LogP contribution in [-0.2, 0) is 19.2 Å². The number of hydrogen-bond acceptors (Lipinski definition) is 10. The van der Waals surface area contributed by atoms with Crippen LogP contribution in [0.15, 0.2) is 36.4 Å². The Labute approximate surface area is 295 Å². The van der Waals surface area contributed by atoms with E-state index in [2.05, 4.69) is 12.1 Å². The number of carbonyl (C=O) groups is 4. The summed E-state index contributed by atoms with van der Waals surface area (Å²) in [5.41, 5.74) is -1.88. The van der Waals surface area contributed by atoms with E-state index in [0.29, 0.717) is 42.3 Å². The number of hydrogen-bond donors (Lipinski definition) is 0. The number of likely N-dealkylation sites (tertiary alicyclic amines) is 1. The van der Waals surface area contributed by atoms with Crippen LogP contribution >= 0.6 is 0 Å². The minimum atomic E-state index is -0.925. The Bertz CT molecular complexity index is 2030. The topological polar surface area (TPSA) is 166 Å². The Kier molecular flexibility index (Phi) is 6.74. The van der Waals surface area contributed by atoms with Gasteiger partial charge in [-0.15, -0.1) is 0 Å². The minimum absolute atomic E-state index is 0.0654. The van der Waals surface area contributed by atoms with E-state index >= 15 is 0 Å². The van der Waals surface area contributed by atoms with Gasteiger partial charge in [-0.25, -0.2) is 0 Å². The number of piperazine rings is 2. The smallest absolute Gasteiger partial charge is 0.249 e. The monoisotopic (exact) mass is 694 g/mol. The molecule has 0 N–H and O–H groups in total. The van der Waals surface area contributed by atoms with E-state index in [1.54, 1.807) is 47.9 Å². The van der Waals surface area contributed by atoms with E-state index in [1.807, 2.05) is 45.0 Å². The summed E-state index contributed by atoms with van der Waals surface area (Å²) < 4.78 is 21.6. The third-order valence-corrected chi connectivity index (χ3v) is 12.3. The summed E-state index contributed by atoms with van der Waals surface area (Å²) in [6.45, 7) is 7.50. The predicted molar refractivity (Wildman–Crippen MR) is 176 cm³/mol. The van der Waals surface area contributed by atoms with Crippen LogP contribution in [0.2, 0.25) is 0 Å². The summed E-state index contributed by atoms with van der Waals surface area (Å²) >= 11 is 0. The summed E-state index contributed by atoms with van der Waals surface area (Å²) in [6, 6.07) is 13.5. The second-order valence-electron chi connectivity index (χ2n) is 15.4. The molecule has 1 spiro atoms. The van der Waals surface area contributed by atoms with Gasteiger partial charge in [-0.3, -0.25) is 19.2 Å². The second-order valence-corrected chi connectivity index (χ2v) is 15.4. The van der Waals surface area contributed by atoms with Gasteiger partial charge in [-0.1, -0.05) is 12.1 Å². The molecule has 2 bridgehead atoms. The quantitative estimate of drug-likeness (QED) is 0.456. The zero-order valence-corrected chi connectivity index (χ0v) is 29.3. The molecular weight excluding hydrogens is 656 g/mol. The summed E-state index contributed by atoms with van der Waals surface area (Å²) in [5, 5.41) is 19.8. The molecule has 7 aliphatic rings. The molecule has 0 saturated carbocycles. The van der Waals surface area contributed by atoms with Crippen LogP contribution in [0.1, 0.15) is 70.2 Å². The van der Waals surface area contributed by atoms with Crippen molar-refractivity contribution in [3.8, 4) is 35.1 Å². The Morgan fingerprint density at radius 3 is 1.84 bits per heavy atom. The van der Waals surface area contributed by atoms with E-state index in [0.717, 1.165) is 11.1 Å². The molecule has 9 rings (SSSR count). The Balaban J connectivity index is 0.000000147. The molecule has 0 aromatic heterocycles. The van der Waals surface area contributed by atoms with Gasteiger partial charge in [0.2, 0.25) is 37.2 Å². The number of ether oxygens (including phenoxy) is 4. The molecule has 7 aliphatic heterocycles. The van der Waals surface area contributed by atoms with Gasteiger partial charge in [-0.05, 0) is 69.5 Å². The third kappa shape index (κ3) is 4.13. The number of likely N-dealkylation sites (N-methyl/N-ethyl adjacent to an activating group) is 2. The van der Waals surface area contributed by atoms with Crippen LogP contribution in [0.5, 0.6) is 23.0 Å². The number of nitriles is 2. The largest absolute Gasteiger partial charge is 0.454 e. The zero-order valence-electron chi connectivity index (χ0n) is 29.3. The summed E-state index contributed by atoms with van der Waals surface area (Å²) in [5.74, 6) is 2.11. The lowest BCUT2D eigenvalue weighted by Gasteiger charge is -2.42. The number of carbonyl (C=O) groups excluding carboxylic acids is 4. The molecule has 2 aromatic rings. The van der Waals surface area contributed by atoms with Crippen molar-refractivity contribution >= 4 is 23.6 Å². The molecule has 2 aromatic carbocycles. The molecule has 14 nitrogen and oxygen atoms in total. The third-order valence-electron chi connectivity index (χ3n) is 12.3. The van der Waals surface area contributed by atoms with Crippen molar-refractivity contribution in [3.05, 3.63) is 47.5 Å². The van der Waals surface area contributed by atoms with E-state index in [9.17, 15) is 29.7 Å². The van der Waals surface area contributed by atoms with E-state index in [1.165, 1.54) is 4.90 Å². The highest BCUT2D eigenvalue weighted by Crippen LogP contribution is 2.65. The van der Waals surface area contributed by atoms with E-state index in [-0.39, 0.29) is 37.2 Å². The predicted octanol–water partition coefficient (Wildman–Crippen LogP) is 3.04. The molecule has 4 amide bonds. The summed E-state index contributed by atoms with van der Waals surface area (Å²) in [7, 11) is 3.32. The number of amides is 4. The first-order chi connectivity index (χ1) is 24.1. The molecule has 7 heterocycles. The van der Waals surface area contributed by atoms with Crippen molar-refractivity contribution in [2.75, 3.05) is 27.7 Å². The Hall–Kier alpha value is -5.50. The van der Waals surface area contributed by atoms with Crippen molar-refractivity contribution in [1.82, 2.24) is 19.6 Å². The molecule has 5 fully saturated rings. The van der Waals surface area contributed by atoms with Crippen molar-refractivity contribution in [2.45, 2.75) is 82.2 Å². The number of rotatable bonds is 2. The minimum Gasteiger partial charge on any atom is -0.454 e. The second kappa shape index (κ2) is 10.5. The zero-order chi connectivity index (χ0) is 36.4. The average molecular weight is 695 g/mol. The molecule has 0 aliphatic carbocycles. The SMILES string of the molecule is CN1C(=O)[C@@]23C[C@](C)(C#N)C(c4ccc5c(c4)OCO5)N2C(=O)[C@@]1(C)C3.C[C@@H]1C(=O)N2C(c3ccc4c(c3)OCO4)[C@@](C)(C#N)C[C@H]2C(=O)N1C. The van der Waals surface area contributed by atoms with Crippen molar-refractivity contribution in [2.24, 2.45) is 10.8 Å². The highest BCUT2D eigenvalue weighted by atomic mass is 16.7. The maximum Gasteiger partial charge on any atom is 0.249 e. The normalized spacial score (nSPS) is 36.5. The van der Waals surface area contributed by atoms with Gasteiger partial charge in [0, 0.05) is 26.9 Å². The van der Waals surface area contributed by atoms with Gasteiger partial charge in [0.25, 0.3) is 0 Å². The van der Waals surface area contributed by atoms with Crippen LogP contribution in [0.4, 0.5) is 0 Å². The molecule has 51 heavy (non-hydrogen) atoms. The van der Waals surface area contributed by atoms with Crippen molar-refractivity contribution in [3.63, 3.8) is 0 Å². The first-order valence-electron chi connectivity index (χ1n) is 17.0. The maximum atomic E-state index is 13.3. The number of nitrogens with zero attached hydrogens (tertiary/aromatic N) is 6. The van der Waals surface area contributed by atoms with Crippen LogP contribution in [0, 0.1) is 33.5 Å². The fraction of sp³-hybridized carbons (Fsp3) is 0.514. The maximum absolute atomic E-state index is 13.3. The molecule has 264 valence electrons. The lowest BCUT2D eigenvalue weighted by atomic mass is 9.75. The van der Waals surface area contributed by atoms with E-state index in [4.69, 9.17) is 18.9 Å². The summed E-state index contributed by atoms with van der Waals surface area (Å²) in [4.78, 5) is 58.4. The first kappa shape index (κ1) is 32.7. The van der Waals surface area contributed by atoms with Gasteiger partial charge in [0.15, 0.2) is 23.0 Å². The first-order valence-corrected chi connectivity index (χ1v) is 17.0. The van der Waals surface area contributed by atoms with Crippen LogP contribution in [0.3, 0.4) is 0 Å². The fourth-order valence-corrected chi connectivity index (χ4v) is 9.55. The van der Waals surface area contributed by atoms with Gasteiger partial charge in [0.05, 0.1) is 35.1 Å². The van der Waals surface area contributed by atoms with Crippen LogP contribution < -0.4 is 18.9 Å². The van der Waals surface area contributed by atoms with Crippen LogP contribution in [0.25, 0.3) is 0 Å². The van der Waals surface area contributed by atoms with Gasteiger partial charge >= 0.3 is 0 Å². The van der Waals surface area contributed by atoms with Gasteiger partial charge < -0.3 is 38.5 Å². The van der Waals surface area contributed by atoms with Gasteiger partial charge in [0.1, 0.15) is 23.2 Å². The molecule has 5 saturated heterocycles. The highest BCUT2D eigenvalue weighted by Gasteiger charge is 2.77. The number of benzene rings is 2. The summed E-state index contributed by atoms with van der Waals surface area (Å²) in [6.07, 6.45) is 1.11. The Morgan fingerprint density at radius 2 is 1.27 bits per heavy atom. The lowest BCUT2D eigenvalue weighted by molar-refractivity contribution is -0.159. The highest BCUT2D eigenvalue weighted by molar-refractivity contribution is 6.08. The molecule has 0 radical (unpaired) electrons.